The van der Waals surface area contributed by atoms with Crippen molar-refractivity contribution in [3.63, 3.8) is 0 Å². The van der Waals surface area contributed by atoms with Gasteiger partial charge in [-0.25, -0.2) is 9.59 Å². The summed E-state index contributed by atoms with van der Waals surface area (Å²) >= 11 is 1.64. The minimum atomic E-state index is -1.02. The Balaban J connectivity index is 2.24. The topological polar surface area (TPSA) is 78.4 Å². The van der Waals surface area contributed by atoms with Crippen molar-refractivity contribution < 1.29 is 14.7 Å². The van der Waals surface area contributed by atoms with Gasteiger partial charge in [-0.05, 0) is 18.1 Å². The van der Waals surface area contributed by atoms with E-state index in [2.05, 4.69) is 10.6 Å². The molecule has 1 aromatic carbocycles. The van der Waals surface area contributed by atoms with Crippen LogP contribution in [0, 0.1) is 5.92 Å². The van der Waals surface area contributed by atoms with E-state index in [1.165, 1.54) is 0 Å². The van der Waals surface area contributed by atoms with E-state index in [-0.39, 0.29) is 5.92 Å². The molecule has 110 valence electrons. The van der Waals surface area contributed by atoms with Crippen LogP contribution in [-0.2, 0) is 4.79 Å². The Labute approximate surface area is 123 Å². The first kappa shape index (κ1) is 16.4. The lowest BCUT2D eigenvalue weighted by atomic mass is 10.1. The standard InChI is InChI=1S/C14H20N2O3S/c1-10(2)12(13(17)18)16-14(19)15-8-9-20-11-6-4-3-5-7-11/h3-7,10,12H,8-9H2,1-2H3,(H,17,18)(H2,15,16,19). The number of urea groups is 1. The number of carboxylic acid groups (broad SMARTS) is 1. The summed E-state index contributed by atoms with van der Waals surface area (Å²) < 4.78 is 0. The van der Waals surface area contributed by atoms with Gasteiger partial charge >= 0.3 is 12.0 Å². The number of rotatable bonds is 7. The zero-order chi connectivity index (χ0) is 15.0. The van der Waals surface area contributed by atoms with Gasteiger partial charge in [0.15, 0.2) is 0 Å². The molecule has 0 aliphatic rings. The van der Waals surface area contributed by atoms with Crippen molar-refractivity contribution in [3.8, 4) is 0 Å². The summed E-state index contributed by atoms with van der Waals surface area (Å²) in [7, 11) is 0. The number of carboxylic acids is 1. The average Bonchev–Trinajstić information content (AvgIpc) is 2.41. The predicted molar refractivity (Wildman–Crippen MR) is 80.0 cm³/mol. The highest BCUT2D eigenvalue weighted by atomic mass is 32.2. The van der Waals surface area contributed by atoms with Gasteiger partial charge in [0.25, 0.3) is 0 Å². The van der Waals surface area contributed by atoms with Crippen LogP contribution < -0.4 is 10.6 Å². The Kier molecular flexibility index (Phi) is 6.93. The summed E-state index contributed by atoms with van der Waals surface area (Å²) in [6.07, 6.45) is 0. The van der Waals surface area contributed by atoms with Crippen LogP contribution >= 0.6 is 11.8 Å². The molecular weight excluding hydrogens is 276 g/mol. The Morgan fingerprint density at radius 1 is 1.25 bits per heavy atom. The summed E-state index contributed by atoms with van der Waals surface area (Å²) in [5, 5.41) is 14.1. The smallest absolute Gasteiger partial charge is 0.326 e. The van der Waals surface area contributed by atoms with Crippen LogP contribution in [0.15, 0.2) is 35.2 Å². The third-order valence-corrected chi connectivity index (χ3v) is 3.63. The van der Waals surface area contributed by atoms with E-state index < -0.39 is 18.0 Å². The van der Waals surface area contributed by atoms with Crippen molar-refractivity contribution in [2.45, 2.75) is 24.8 Å². The maximum atomic E-state index is 11.6. The van der Waals surface area contributed by atoms with E-state index in [0.29, 0.717) is 6.54 Å². The Morgan fingerprint density at radius 3 is 2.45 bits per heavy atom. The third-order valence-electron chi connectivity index (χ3n) is 2.62. The molecule has 0 radical (unpaired) electrons. The van der Waals surface area contributed by atoms with E-state index in [1.54, 1.807) is 25.6 Å². The van der Waals surface area contributed by atoms with Gasteiger partial charge in [-0.3, -0.25) is 0 Å². The molecule has 1 unspecified atom stereocenters. The van der Waals surface area contributed by atoms with Gasteiger partial charge in [-0.2, -0.15) is 0 Å². The van der Waals surface area contributed by atoms with Gasteiger partial charge in [0, 0.05) is 17.2 Å². The molecule has 5 nitrogen and oxygen atoms in total. The SMILES string of the molecule is CC(C)C(NC(=O)NCCSc1ccccc1)C(=O)O. The fourth-order valence-electron chi connectivity index (χ4n) is 1.56. The fraction of sp³-hybridized carbons (Fsp3) is 0.429. The van der Waals surface area contributed by atoms with Gasteiger partial charge in [0.2, 0.25) is 0 Å². The van der Waals surface area contributed by atoms with Crippen LogP contribution in [0.25, 0.3) is 0 Å². The number of benzene rings is 1. The molecule has 0 spiro atoms. The highest BCUT2D eigenvalue weighted by Crippen LogP contribution is 2.15. The average molecular weight is 296 g/mol. The molecule has 0 saturated heterocycles. The van der Waals surface area contributed by atoms with Crippen molar-refractivity contribution >= 4 is 23.8 Å². The van der Waals surface area contributed by atoms with Crippen LogP contribution in [0.2, 0.25) is 0 Å². The second kappa shape index (κ2) is 8.47. The molecule has 1 atom stereocenters. The summed E-state index contributed by atoms with van der Waals surface area (Å²) in [5.41, 5.74) is 0. The molecule has 20 heavy (non-hydrogen) atoms. The van der Waals surface area contributed by atoms with E-state index in [4.69, 9.17) is 5.11 Å². The van der Waals surface area contributed by atoms with Crippen molar-refractivity contribution in [1.29, 1.82) is 0 Å². The molecule has 1 rings (SSSR count). The Hall–Kier alpha value is -1.69. The molecule has 0 saturated carbocycles. The van der Waals surface area contributed by atoms with Crippen molar-refractivity contribution in [1.82, 2.24) is 10.6 Å². The van der Waals surface area contributed by atoms with Crippen molar-refractivity contribution in [2.24, 2.45) is 5.92 Å². The lowest BCUT2D eigenvalue weighted by molar-refractivity contribution is -0.140. The molecule has 3 N–H and O–H groups in total. The number of hydrogen-bond acceptors (Lipinski definition) is 3. The maximum absolute atomic E-state index is 11.6. The molecule has 6 heteroatoms. The number of thioether (sulfide) groups is 1. The largest absolute Gasteiger partial charge is 0.480 e. The Bertz CT molecular complexity index is 437. The van der Waals surface area contributed by atoms with Crippen molar-refractivity contribution in [2.75, 3.05) is 12.3 Å². The maximum Gasteiger partial charge on any atom is 0.326 e. The first-order valence-electron chi connectivity index (χ1n) is 6.45. The van der Waals surface area contributed by atoms with Gasteiger partial charge in [0.1, 0.15) is 6.04 Å². The van der Waals surface area contributed by atoms with E-state index >= 15 is 0 Å². The highest BCUT2D eigenvalue weighted by molar-refractivity contribution is 7.99. The number of hydrogen-bond donors (Lipinski definition) is 3. The molecule has 0 heterocycles. The predicted octanol–water partition coefficient (Wildman–Crippen LogP) is 2.19. The van der Waals surface area contributed by atoms with Crippen LogP contribution in [0.3, 0.4) is 0 Å². The quantitative estimate of drug-likeness (QED) is 0.532. The number of amides is 2. The number of carbonyl (C=O) groups is 2. The van der Waals surface area contributed by atoms with Gasteiger partial charge < -0.3 is 15.7 Å². The van der Waals surface area contributed by atoms with Crippen LogP contribution in [0.4, 0.5) is 4.79 Å². The summed E-state index contributed by atoms with van der Waals surface area (Å²) in [4.78, 5) is 23.7. The molecule has 0 aliphatic heterocycles. The summed E-state index contributed by atoms with van der Waals surface area (Å²) in [6, 6.07) is 8.57. The first-order chi connectivity index (χ1) is 9.50. The summed E-state index contributed by atoms with van der Waals surface area (Å²) in [6.45, 7) is 3.99. The van der Waals surface area contributed by atoms with Gasteiger partial charge in [-0.15, -0.1) is 11.8 Å². The first-order valence-corrected chi connectivity index (χ1v) is 7.44. The minimum absolute atomic E-state index is 0.156. The number of nitrogens with one attached hydrogen (secondary N) is 2. The Morgan fingerprint density at radius 2 is 1.90 bits per heavy atom. The van der Waals surface area contributed by atoms with E-state index in [0.717, 1.165) is 10.6 Å². The van der Waals surface area contributed by atoms with E-state index in [9.17, 15) is 9.59 Å². The molecular formula is C14H20N2O3S. The van der Waals surface area contributed by atoms with Gasteiger partial charge in [-0.1, -0.05) is 32.0 Å². The third kappa shape index (κ3) is 5.97. The second-order valence-electron chi connectivity index (χ2n) is 4.62. The highest BCUT2D eigenvalue weighted by Gasteiger charge is 2.22. The second-order valence-corrected chi connectivity index (χ2v) is 5.79. The number of aliphatic carboxylic acids is 1. The molecule has 1 aromatic rings. The molecule has 0 aromatic heterocycles. The molecule has 2 amide bonds. The minimum Gasteiger partial charge on any atom is -0.480 e. The molecule has 0 bridgehead atoms. The van der Waals surface area contributed by atoms with Crippen LogP contribution in [0.1, 0.15) is 13.8 Å². The zero-order valence-corrected chi connectivity index (χ0v) is 12.4. The lowest BCUT2D eigenvalue weighted by Gasteiger charge is -2.18. The monoisotopic (exact) mass is 296 g/mol. The lowest BCUT2D eigenvalue weighted by Crippen LogP contribution is -2.48. The fourth-order valence-corrected chi connectivity index (χ4v) is 2.35. The molecule has 0 fully saturated rings. The van der Waals surface area contributed by atoms with Crippen LogP contribution in [0.5, 0.6) is 0 Å². The number of carbonyl (C=O) groups excluding carboxylic acids is 1. The van der Waals surface area contributed by atoms with E-state index in [1.807, 2.05) is 30.3 Å². The van der Waals surface area contributed by atoms with Gasteiger partial charge in [0.05, 0.1) is 0 Å². The van der Waals surface area contributed by atoms with Crippen molar-refractivity contribution in [3.05, 3.63) is 30.3 Å². The van der Waals surface area contributed by atoms with Crippen LogP contribution in [-0.4, -0.2) is 35.4 Å². The summed E-state index contributed by atoms with van der Waals surface area (Å²) in [5.74, 6) is -0.442. The zero-order valence-electron chi connectivity index (χ0n) is 11.6. The normalized spacial score (nSPS) is 11.9. The molecule has 0 aliphatic carbocycles.